The quantitative estimate of drug-likeness (QED) is 0.877. The lowest BCUT2D eigenvalue weighted by atomic mass is 9.81. The molecule has 3 N–H and O–H groups in total. The fraction of sp³-hybridized carbons (Fsp3) is 0.500. The Labute approximate surface area is 121 Å². The molecule has 116 valence electrons. The van der Waals surface area contributed by atoms with Crippen molar-refractivity contribution in [3.63, 3.8) is 0 Å². The third-order valence-corrected chi connectivity index (χ3v) is 3.89. The third kappa shape index (κ3) is 2.92. The number of alkyl halides is 2. The van der Waals surface area contributed by atoms with Crippen LogP contribution in [0.3, 0.4) is 0 Å². The second-order valence-corrected chi connectivity index (χ2v) is 4.97. The highest BCUT2D eigenvalue weighted by atomic mass is 19.3. The van der Waals surface area contributed by atoms with Crippen molar-refractivity contribution in [2.45, 2.75) is 33.0 Å². The summed E-state index contributed by atoms with van der Waals surface area (Å²) < 4.78 is 34.5. The van der Waals surface area contributed by atoms with Crippen LogP contribution >= 0.6 is 0 Å². The number of anilines is 1. The molecule has 7 heteroatoms. The Morgan fingerprint density at radius 2 is 1.90 bits per heavy atom. The zero-order chi connectivity index (χ0) is 15.7. The number of carbonyl (C=O) groups excluding carboxylic acids is 1. The van der Waals surface area contributed by atoms with E-state index in [0.29, 0.717) is 18.5 Å². The van der Waals surface area contributed by atoms with E-state index in [-0.39, 0.29) is 24.0 Å². The Morgan fingerprint density at radius 3 is 2.48 bits per heavy atom. The topological polar surface area (TPSA) is 73.6 Å². The molecule has 1 aliphatic heterocycles. The van der Waals surface area contributed by atoms with Crippen molar-refractivity contribution < 1.29 is 23.0 Å². The number of hydrogen-bond donors (Lipinski definition) is 2. The van der Waals surface area contributed by atoms with E-state index >= 15 is 0 Å². The van der Waals surface area contributed by atoms with Crippen LogP contribution in [0.15, 0.2) is 18.2 Å². The summed E-state index contributed by atoms with van der Waals surface area (Å²) in [5.74, 6) is -0.404. The standard InChI is InChI=1S/C14H18F2N2O3/c1-3-13(4-2,8-17)12(19)18-9-5-6-10-11(7-9)21-14(15,16)20-10/h5-7H,3-4,8,17H2,1-2H3,(H,18,19). The maximum atomic E-state index is 12.9. The van der Waals surface area contributed by atoms with Gasteiger partial charge in [-0.3, -0.25) is 4.79 Å². The largest absolute Gasteiger partial charge is 0.586 e. The summed E-state index contributed by atoms with van der Waals surface area (Å²) in [5.41, 5.74) is 5.40. The van der Waals surface area contributed by atoms with Gasteiger partial charge in [-0.15, -0.1) is 8.78 Å². The Balaban J connectivity index is 2.17. The summed E-state index contributed by atoms with van der Waals surface area (Å²) in [6, 6.07) is 4.11. The van der Waals surface area contributed by atoms with Crippen LogP contribution in [-0.2, 0) is 4.79 Å². The number of rotatable bonds is 5. The Bertz CT molecular complexity index is 537. The van der Waals surface area contributed by atoms with E-state index in [9.17, 15) is 13.6 Å². The van der Waals surface area contributed by atoms with E-state index in [1.165, 1.54) is 18.2 Å². The molecule has 1 aliphatic rings. The van der Waals surface area contributed by atoms with E-state index in [1.54, 1.807) is 0 Å². The molecule has 0 bridgehead atoms. The monoisotopic (exact) mass is 300 g/mol. The van der Waals surface area contributed by atoms with Gasteiger partial charge in [0.25, 0.3) is 0 Å². The van der Waals surface area contributed by atoms with Gasteiger partial charge < -0.3 is 20.5 Å². The minimum atomic E-state index is -3.67. The van der Waals surface area contributed by atoms with Crippen LogP contribution in [0.1, 0.15) is 26.7 Å². The summed E-state index contributed by atoms with van der Waals surface area (Å²) in [4.78, 5) is 12.3. The van der Waals surface area contributed by atoms with Crippen molar-refractivity contribution >= 4 is 11.6 Å². The Kier molecular flexibility index (Phi) is 4.04. The average molecular weight is 300 g/mol. The van der Waals surface area contributed by atoms with E-state index in [1.807, 2.05) is 13.8 Å². The molecule has 2 rings (SSSR count). The Hall–Kier alpha value is -1.89. The number of carbonyl (C=O) groups is 1. The van der Waals surface area contributed by atoms with E-state index in [2.05, 4.69) is 14.8 Å². The number of amides is 1. The number of benzene rings is 1. The van der Waals surface area contributed by atoms with Crippen LogP contribution in [0, 0.1) is 5.41 Å². The lowest BCUT2D eigenvalue weighted by Crippen LogP contribution is -2.41. The molecule has 1 heterocycles. The van der Waals surface area contributed by atoms with Crippen LogP contribution in [0.5, 0.6) is 11.5 Å². The number of nitrogens with one attached hydrogen (secondary N) is 1. The summed E-state index contributed by atoms with van der Waals surface area (Å²) in [7, 11) is 0. The van der Waals surface area contributed by atoms with Crippen molar-refractivity contribution in [3.05, 3.63) is 18.2 Å². The summed E-state index contributed by atoms with van der Waals surface area (Å²) in [5, 5.41) is 2.69. The van der Waals surface area contributed by atoms with Crippen LogP contribution in [0.4, 0.5) is 14.5 Å². The van der Waals surface area contributed by atoms with Gasteiger partial charge in [0, 0.05) is 18.3 Å². The highest BCUT2D eigenvalue weighted by Crippen LogP contribution is 2.42. The molecule has 0 spiro atoms. The normalized spacial score (nSPS) is 15.9. The van der Waals surface area contributed by atoms with Gasteiger partial charge in [0.15, 0.2) is 11.5 Å². The highest BCUT2D eigenvalue weighted by Gasteiger charge is 2.43. The van der Waals surface area contributed by atoms with E-state index in [4.69, 9.17) is 5.73 Å². The van der Waals surface area contributed by atoms with E-state index < -0.39 is 11.7 Å². The predicted octanol–water partition coefficient (Wildman–Crippen LogP) is 2.71. The lowest BCUT2D eigenvalue weighted by molar-refractivity contribution is -0.286. The molecule has 0 saturated heterocycles. The number of nitrogens with two attached hydrogens (primary N) is 1. The lowest BCUT2D eigenvalue weighted by Gasteiger charge is -2.28. The first-order chi connectivity index (χ1) is 9.85. The van der Waals surface area contributed by atoms with E-state index in [0.717, 1.165) is 0 Å². The molecule has 21 heavy (non-hydrogen) atoms. The van der Waals surface area contributed by atoms with Gasteiger partial charge in [-0.2, -0.15) is 0 Å². The molecule has 1 aromatic carbocycles. The van der Waals surface area contributed by atoms with Crippen LogP contribution < -0.4 is 20.5 Å². The van der Waals surface area contributed by atoms with Crippen LogP contribution in [0.2, 0.25) is 0 Å². The first-order valence-electron chi connectivity index (χ1n) is 6.77. The number of hydrogen-bond acceptors (Lipinski definition) is 4. The molecule has 1 aromatic rings. The molecule has 0 saturated carbocycles. The van der Waals surface area contributed by atoms with Gasteiger partial charge >= 0.3 is 6.29 Å². The molecule has 0 unspecified atom stereocenters. The van der Waals surface area contributed by atoms with Crippen molar-refractivity contribution in [3.8, 4) is 11.5 Å². The highest BCUT2D eigenvalue weighted by molar-refractivity contribution is 5.95. The molecule has 0 fully saturated rings. The van der Waals surface area contributed by atoms with Gasteiger partial charge in [-0.05, 0) is 25.0 Å². The second kappa shape index (κ2) is 5.48. The summed E-state index contributed by atoms with van der Waals surface area (Å²) in [6.45, 7) is 3.99. The molecule has 0 radical (unpaired) electrons. The number of halogens is 2. The molecule has 1 amide bonds. The minimum Gasteiger partial charge on any atom is -0.395 e. The molecule has 0 aromatic heterocycles. The molecule has 5 nitrogen and oxygen atoms in total. The fourth-order valence-electron chi connectivity index (χ4n) is 2.24. The van der Waals surface area contributed by atoms with Crippen LogP contribution in [0.25, 0.3) is 0 Å². The predicted molar refractivity (Wildman–Crippen MR) is 73.3 cm³/mol. The second-order valence-electron chi connectivity index (χ2n) is 4.97. The van der Waals surface area contributed by atoms with Crippen molar-refractivity contribution in [1.82, 2.24) is 0 Å². The number of fused-ring (bicyclic) bond motifs is 1. The molecule has 0 atom stereocenters. The molecular weight excluding hydrogens is 282 g/mol. The zero-order valence-corrected chi connectivity index (χ0v) is 11.9. The van der Waals surface area contributed by atoms with Gasteiger partial charge in [-0.25, -0.2) is 0 Å². The molecule has 0 aliphatic carbocycles. The summed E-state index contributed by atoms with van der Waals surface area (Å²) >= 11 is 0. The van der Waals surface area contributed by atoms with Gasteiger partial charge in [0.1, 0.15) is 0 Å². The first-order valence-corrected chi connectivity index (χ1v) is 6.77. The van der Waals surface area contributed by atoms with Gasteiger partial charge in [-0.1, -0.05) is 13.8 Å². The first kappa shape index (κ1) is 15.5. The smallest absolute Gasteiger partial charge is 0.395 e. The fourth-order valence-corrected chi connectivity index (χ4v) is 2.24. The van der Waals surface area contributed by atoms with Crippen molar-refractivity contribution in [2.24, 2.45) is 11.1 Å². The SMILES string of the molecule is CCC(CC)(CN)C(=O)Nc1ccc2c(c1)OC(F)(F)O2. The number of ether oxygens (including phenoxy) is 2. The summed E-state index contributed by atoms with van der Waals surface area (Å²) in [6.07, 6.45) is -2.48. The van der Waals surface area contributed by atoms with Crippen molar-refractivity contribution in [1.29, 1.82) is 0 Å². The zero-order valence-electron chi connectivity index (χ0n) is 11.9. The van der Waals surface area contributed by atoms with Gasteiger partial charge in [0.05, 0.1) is 5.41 Å². The minimum absolute atomic E-state index is 0.0610. The molecular formula is C14H18F2N2O3. The average Bonchev–Trinajstić information content (AvgIpc) is 2.74. The van der Waals surface area contributed by atoms with Gasteiger partial charge in [0.2, 0.25) is 5.91 Å². The maximum absolute atomic E-state index is 12.9. The third-order valence-electron chi connectivity index (χ3n) is 3.89. The van der Waals surface area contributed by atoms with Crippen molar-refractivity contribution in [2.75, 3.05) is 11.9 Å². The Morgan fingerprint density at radius 1 is 1.29 bits per heavy atom. The van der Waals surface area contributed by atoms with Crippen LogP contribution in [-0.4, -0.2) is 18.7 Å². The maximum Gasteiger partial charge on any atom is 0.586 e.